The Hall–Kier alpha value is -0.770. The van der Waals surface area contributed by atoms with Crippen LogP contribution in [0.15, 0.2) is 22.6 Å². The monoisotopic (exact) mass is 262 g/mol. The smallest absolute Gasteiger partial charge is 0.249 e. The van der Waals surface area contributed by atoms with Gasteiger partial charge in [0.25, 0.3) is 0 Å². The van der Waals surface area contributed by atoms with E-state index in [2.05, 4.69) is 10.2 Å². The summed E-state index contributed by atoms with van der Waals surface area (Å²) in [5, 5.41) is 8.61. The summed E-state index contributed by atoms with van der Waals surface area (Å²) in [7, 11) is 0. The molecule has 6 heteroatoms. The van der Waals surface area contributed by atoms with Crippen LogP contribution < -0.4 is 0 Å². The largest absolute Gasteiger partial charge is 0.419 e. The highest BCUT2D eigenvalue weighted by molar-refractivity contribution is 6.35. The molecule has 2 rings (SSSR count). The number of benzene rings is 1. The second-order valence-electron chi connectivity index (χ2n) is 2.76. The van der Waals surface area contributed by atoms with Crippen LogP contribution in [-0.4, -0.2) is 10.2 Å². The molecule has 0 atom stereocenters. The zero-order chi connectivity index (χ0) is 10.8. The molecule has 0 aliphatic carbocycles. The van der Waals surface area contributed by atoms with Gasteiger partial charge in [-0.3, -0.25) is 0 Å². The molecule has 3 nitrogen and oxygen atoms in total. The van der Waals surface area contributed by atoms with E-state index >= 15 is 0 Å². The third-order valence-electron chi connectivity index (χ3n) is 1.74. The van der Waals surface area contributed by atoms with Crippen molar-refractivity contribution in [3.05, 3.63) is 34.1 Å². The predicted molar refractivity (Wildman–Crippen MR) is 59.3 cm³/mol. The Labute approximate surface area is 101 Å². The molecule has 0 amide bonds. The maximum Gasteiger partial charge on any atom is 0.249 e. The molecule has 1 aromatic heterocycles. The van der Waals surface area contributed by atoms with Gasteiger partial charge in [0.1, 0.15) is 5.88 Å². The van der Waals surface area contributed by atoms with Crippen LogP contribution in [-0.2, 0) is 5.88 Å². The number of alkyl halides is 1. The molecule has 0 unspecified atom stereocenters. The second-order valence-corrected chi connectivity index (χ2v) is 3.87. The van der Waals surface area contributed by atoms with Crippen LogP contribution >= 0.6 is 34.8 Å². The Balaban J connectivity index is 2.48. The molecule has 78 valence electrons. The summed E-state index contributed by atoms with van der Waals surface area (Å²) in [6.45, 7) is 0. The minimum atomic E-state index is 0.172. The number of hydrogen-bond donors (Lipinski definition) is 0. The molecule has 15 heavy (non-hydrogen) atoms. The minimum Gasteiger partial charge on any atom is -0.419 e. The fraction of sp³-hybridized carbons (Fsp3) is 0.111. The topological polar surface area (TPSA) is 38.9 Å². The van der Waals surface area contributed by atoms with Gasteiger partial charge in [-0.1, -0.05) is 23.2 Å². The van der Waals surface area contributed by atoms with Crippen molar-refractivity contribution >= 4 is 34.8 Å². The molecule has 1 aromatic carbocycles. The van der Waals surface area contributed by atoms with Crippen molar-refractivity contribution in [2.75, 3.05) is 0 Å². The van der Waals surface area contributed by atoms with Gasteiger partial charge in [-0.05, 0) is 18.2 Å². The SMILES string of the molecule is ClCc1nnc(-c2cc(Cl)ccc2Cl)o1. The van der Waals surface area contributed by atoms with E-state index in [0.29, 0.717) is 27.4 Å². The van der Waals surface area contributed by atoms with Crippen molar-refractivity contribution in [2.45, 2.75) is 5.88 Å². The quantitative estimate of drug-likeness (QED) is 0.774. The summed E-state index contributed by atoms with van der Waals surface area (Å²) >= 11 is 17.3. The average molecular weight is 264 g/mol. The van der Waals surface area contributed by atoms with E-state index in [0.717, 1.165) is 0 Å². The molecule has 0 N–H and O–H groups in total. The molecule has 0 spiro atoms. The van der Waals surface area contributed by atoms with Gasteiger partial charge in [0, 0.05) is 5.02 Å². The second kappa shape index (κ2) is 4.39. The van der Waals surface area contributed by atoms with Crippen LogP contribution in [0.2, 0.25) is 10.0 Å². The molecule has 0 aliphatic rings. The van der Waals surface area contributed by atoms with Crippen LogP contribution in [0, 0.1) is 0 Å². The van der Waals surface area contributed by atoms with Crippen LogP contribution in [0.5, 0.6) is 0 Å². The van der Waals surface area contributed by atoms with Crippen molar-refractivity contribution < 1.29 is 4.42 Å². The van der Waals surface area contributed by atoms with Gasteiger partial charge >= 0.3 is 0 Å². The van der Waals surface area contributed by atoms with Crippen molar-refractivity contribution in [1.29, 1.82) is 0 Å². The van der Waals surface area contributed by atoms with Crippen molar-refractivity contribution in [3.8, 4) is 11.5 Å². The molecular weight excluding hydrogens is 258 g/mol. The maximum absolute atomic E-state index is 5.96. The van der Waals surface area contributed by atoms with Crippen molar-refractivity contribution in [3.63, 3.8) is 0 Å². The van der Waals surface area contributed by atoms with Gasteiger partial charge in [0.15, 0.2) is 0 Å². The number of rotatable bonds is 2. The van der Waals surface area contributed by atoms with E-state index in [4.69, 9.17) is 39.2 Å². The van der Waals surface area contributed by atoms with Crippen LogP contribution in [0.4, 0.5) is 0 Å². The highest BCUT2D eigenvalue weighted by Gasteiger charge is 2.11. The zero-order valence-corrected chi connectivity index (χ0v) is 9.64. The highest BCUT2D eigenvalue weighted by atomic mass is 35.5. The van der Waals surface area contributed by atoms with E-state index in [9.17, 15) is 0 Å². The summed E-state index contributed by atoms with van der Waals surface area (Å²) in [5.74, 6) is 0.839. The Morgan fingerprint density at radius 2 is 2.00 bits per heavy atom. The Kier molecular flexibility index (Phi) is 3.14. The van der Waals surface area contributed by atoms with Gasteiger partial charge in [0.2, 0.25) is 11.8 Å². The fourth-order valence-electron chi connectivity index (χ4n) is 1.08. The van der Waals surface area contributed by atoms with Crippen molar-refractivity contribution in [1.82, 2.24) is 10.2 Å². The third kappa shape index (κ3) is 2.25. The Morgan fingerprint density at radius 3 is 2.67 bits per heavy atom. The molecule has 2 aromatic rings. The van der Waals surface area contributed by atoms with Gasteiger partial charge in [-0.15, -0.1) is 21.8 Å². The molecule has 0 aliphatic heterocycles. The summed E-state index contributed by atoms with van der Waals surface area (Å²) in [5.41, 5.74) is 0.605. The van der Waals surface area contributed by atoms with Crippen LogP contribution in [0.1, 0.15) is 5.89 Å². The van der Waals surface area contributed by atoms with E-state index in [-0.39, 0.29) is 5.88 Å². The maximum atomic E-state index is 5.96. The van der Waals surface area contributed by atoms with Gasteiger partial charge in [0.05, 0.1) is 10.6 Å². The summed E-state index contributed by atoms with van der Waals surface area (Å²) in [4.78, 5) is 0. The summed E-state index contributed by atoms with van der Waals surface area (Å²) in [6.07, 6.45) is 0. The Morgan fingerprint density at radius 1 is 1.20 bits per heavy atom. The van der Waals surface area contributed by atoms with E-state index in [1.165, 1.54) is 0 Å². The van der Waals surface area contributed by atoms with Gasteiger partial charge in [-0.2, -0.15) is 0 Å². The lowest BCUT2D eigenvalue weighted by atomic mass is 10.2. The normalized spacial score (nSPS) is 10.6. The Bertz CT molecular complexity index is 484. The zero-order valence-electron chi connectivity index (χ0n) is 7.38. The molecule has 0 fully saturated rings. The standard InChI is InChI=1S/C9H5Cl3N2O/c10-4-8-13-14-9(15-8)6-3-5(11)1-2-7(6)12/h1-3H,4H2. The summed E-state index contributed by atoms with van der Waals surface area (Å²) < 4.78 is 5.26. The minimum absolute atomic E-state index is 0.172. The summed E-state index contributed by atoms with van der Waals surface area (Å²) in [6, 6.07) is 5.02. The lowest BCUT2D eigenvalue weighted by Crippen LogP contribution is -1.79. The predicted octanol–water partition coefficient (Wildman–Crippen LogP) is 3.78. The average Bonchev–Trinajstić information content (AvgIpc) is 2.70. The number of hydrogen-bond acceptors (Lipinski definition) is 3. The number of aromatic nitrogens is 2. The van der Waals surface area contributed by atoms with E-state index in [1.54, 1.807) is 18.2 Å². The molecule has 0 bridgehead atoms. The lowest BCUT2D eigenvalue weighted by molar-refractivity contribution is 0.527. The van der Waals surface area contributed by atoms with Gasteiger partial charge in [-0.25, -0.2) is 0 Å². The molecular formula is C9H5Cl3N2O. The van der Waals surface area contributed by atoms with E-state index < -0.39 is 0 Å². The van der Waals surface area contributed by atoms with Crippen LogP contribution in [0.25, 0.3) is 11.5 Å². The number of nitrogens with zero attached hydrogens (tertiary/aromatic N) is 2. The fourth-order valence-corrected chi connectivity index (χ4v) is 1.56. The molecule has 0 radical (unpaired) electrons. The third-order valence-corrected chi connectivity index (χ3v) is 2.53. The first-order chi connectivity index (χ1) is 7.20. The van der Waals surface area contributed by atoms with Crippen molar-refractivity contribution in [2.24, 2.45) is 0 Å². The van der Waals surface area contributed by atoms with E-state index in [1.807, 2.05) is 0 Å². The first-order valence-corrected chi connectivity index (χ1v) is 5.33. The lowest BCUT2D eigenvalue weighted by Gasteiger charge is -1.98. The molecule has 0 saturated carbocycles. The molecule has 0 saturated heterocycles. The van der Waals surface area contributed by atoms with Crippen LogP contribution in [0.3, 0.4) is 0 Å². The van der Waals surface area contributed by atoms with Gasteiger partial charge < -0.3 is 4.42 Å². The first-order valence-electron chi connectivity index (χ1n) is 4.04. The number of halogens is 3. The molecule has 1 heterocycles. The first kappa shape index (κ1) is 10.7. The highest BCUT2D eigenvalue weighted by Crippen LogP contribution is 2.29.